The predicted molar refractivity (Wildman–Crippen MR) is 51.6 cm³/mol. The smallest absolute Gasteiger partial charge is 0.337 e. The van der Waals surface area contributed by atoms with Gasteiger partial charge in [-0.2, -0.15) is 0 Å². The van der Waals surface area contributed by atoms with Gasteiger partial charge in [0.05, 0.1) is 23.4 Å². The van der Waals surface area contributed by atoms with Crippen LogP contribution >= 0.6 is 11.6 Å². The fraction of sp³-hybridized carbons (Fsp3) is 0.250. The van der Waals surface area contributed by atoms with Crippen LogP contribution in [0.2, 0.25) is 0 Å². The fourth-order valence-electron chi connectivity index (χ4n) is 0.552. The molecule has 0 heterocycles. The van der Waals surface area contributed by atoms with Crippen LogP contribution in [0.1, 0.15) is 0 Å². The Balaban J connectivity index is 4.61. The van der Waals surface area contributed by atoms with Gasteiger partial charge in [0.2, 0.25) is 0 Å². The molecule has 0 aromatic heterocycles. The third-order valence-electron chi connectivity index (χ3n) is 1.11. The van der Waals surface area contributed by atoms with Crippen molar-refractivity contribution < 1.29 is 19.4 Å². The van der Waals surface area contributed by atoms with Crippen molar-refractivity contribution in [2.24, 2.45) is 4.99 Å². The molecule has 0 saturated carbocycles. The summed E-state index contributed by atoms with van der Waals surface area (Å²) in [6.07, 6.45) is 2.53. The molecule has 0 aromatic carbocycles. The van der Waals surface area contributed by atoms with Crippen LogP contribution in [0, 0.1) is 0 Å². The fourth-order valence-corrected chi connectivity index (χ4v) is 0.669. The molecule has 0 unspecified atom stereocenters. The Morgan fingerprint density at radius 2 is 2.21 bits per heavy atom. The van der Waals surface area contributed by atoms with Crippen LogP contribution < -0.4 is 0 Å². The first kappa shape index (κ1) is 12.6. The molecular formula is C8H9ClFNO3. The summed E-state index contributed by atoms with van der Waals surface area (Å²) >= 11 is 5.35. The van der Waals surface area contributed by atoms with Crippen molar-refractivity contribution in [2.45, 2.75) is 0 Å². The maximum atomic E-state index is 11.6. The number of aliphatic hydroxyl groups excluding tert-OH is 1. The largest absolute Gasteiger partial charge is 0.514 e. The number of aliphatic carboxylic acids is 1. The topological polar surface area (TPSA) is 69.9 Å². The standard InChI is InChI=1S/C8H9ClFNO3/c9-7(5-12)3-6(8(13)14)4-11-2-1-10/h3-5,12H,1-2H2,(H,13,14)/b6-3+,7-5-,11-4-. The van der Waals surface area contributed by atoms with Crippen molar-refractivity contribution >= 4 is 23.8 Å². The number of alkyl halides is 1. The highest BCUT2D eigenvalue weighted by Crippen LogP contribution is 2.05. The van der Waals surface area contributed by atoms with Gasteiger partial charge in [0.15, 0.2) is 0 Å². The van der Waals surface area contributed by atoms with Crippen molar-refractivity contribution in [3.8, 4) is 0 Å². The van der Waals surface area contributed by atoms with Gasteiger partial charge in [0.25, 0.3) is 0 Å². The molecule has 0 saturated heterocycles. The monoisotopic (exact) mass is 221 g/mol. The summed E-state index contributed by atoms with van der Waals surface area (Å²) in [6.45, 7) is -0.766. The minimum absolute atomic E-state index is 0.106. The summed E-state index contributed by atoms with van der Waals surface area (Å²) in [5.41, 5.74) is -0.228. The maximum Gasteiger partial charge on any atom is 0.337 e. The van der Waals surface area contributed by atoms with Crippen LogP contribution in [0.4, 0.5) is 4.39 Å². The maximum absolute atomic E-state index is 11.6. The highest BCUT2D eigenvalue weighted by Gasteiger charge is 2.04. The van der Waals surface area contributed by atoms with Crippen molar-refractivity contribution in [3.05, 3.63) is 22.9 Å². The number of halogens is 2. The molecule has 0 aliphatic carbocycles. The molecule has 0 radical (unpaired) electrons. The van der Waals surface area contributed by atoms with Gasteiger partial charge < -0.3 is 10.2 Å². The number of allylic oxidation sites excluding steroid dienone is 2. The van der Waals surface area contributed by atoms with Crippen molar-refractivity contribution in [2.75, 3.05) is 13.2 Å². The van der Waals surface area contributed by atoms with Crippen molar-refractivity contribution in [1.29, 1.82) is 0 Å². The lowest BCUT2D eigenvalue weighted by molar-refractivity contribution is -0.132. The molecule has 78 valence electrons. The number of carboxylic acids is 1. The van der Waals surface area contributed by atoms with Gasteiger partial charge in [-0.25, -0.2) is 9.18 Å². The summed E-state index contributed by atoms with van der Waals surface area (Å²) < 4.78 is 11.6. The zero-order valence-electron chi connectivity index (χ0n) is 7.15. The molecule has 0 aromatic rings. The SMILES string of the molecule is O=C(O)C(/C=N\CCF)=C/C(Cl)=C/O. The number of carboxylic acid groups (broad SMARTS) is 1. The van der Waals surface area contributed by atoms with Gasteiger partial charge in [0, 0.05) is 6.21 Å². The van der Waals surface area contributed by atoms with Gasteiger partial charge in [-0.05, 0) is 6.08 Å². The van der Waals surface area contributed by atoms with Gasteiger partial charge in [-0.1, -0.05) is 11.6 Å². The first-order valence-electron chi connectivity index (χ1n) is 3.62. The van der Waals surface area contributed by atoms with Crippen LogP contribution in [0.5, 0.6) is 0 Å². The zero-order chi connectivity index (χ0) is 11.0. The lowest BCUT2D eigenvalue weighted by Gasteiger charge is -1.93. The van der Waals surface area contributed by atoms with E-state index in [-0.39, 0.29) is 17.2 Å². The van der Waals surface area contributed by atoms with E-state index in [1.165, 1.54) is 0 Å². The molecule has 0 aliphatic rings. The second kappa shape index (κ2) is 7.08. The molecule has 0 amide bonds. The normalized spacial score (nSPS) is 13.6. The van der Waals surface area contributed by atoms with Crippen LogP contribution in [-0.4, -0.2) is 35.6 Å². The zero-order valence-corrected chi connectivity index (χ0v) is 7.91. The molecule has 0 atom stereocenters. The Hall–Kier alpha value is -1.36. The molecule has 0 aliphatic heterocycles. The van der Waals surface area contributed by atoms with E-state index in [2.05, 4.69) is 4.99 Å². The van der Waals surface area contributed by atoms with E-state index in [0.717, 1.165) is 12.3 Å². The van der Waals surface area contributed by atoms with Gasteiger partial charge in [-0.3, -0.25) is 4.99 Å². The third kappa shape index (κ3) is 5.31. The van der Waals surface area contributed by atoms with Gasteiger partial charge >= 0.3 is 5.97 Å². The van der Waals surface area contributed by atoms with E-state index >= 15 is 0 Å². The van der Waals surface area contributed by atoms with Gasteiger partial charge in [-0.15, -0.1) is 0 Å². The molecule has 0 spiro atoms. The number of aliphatic imine (C=N–C) groups is 1. The number of carbonyl (C=O) groups is 1. The summed E-state index contributed by atoms with van der Waals surface area (Å²) in [5.74, 6) is -1.26. The number of hydrogen-bond acceptors (Lipinski definition) is 3. The molecule has 6 heteroatoms. The summed E-state index contributed by atoms with van der Waals surface area (Å²) in [7, 11) is 0. The second-order valence-corrected chi connectivity index (χ2v) is 2.58. The molecule has 2 N–H and O–H groups in total. The van der Waals surface area contributed by atoms with Crippen LogP contribution in [0.15, 0.2) is 27.9 Å². The highest BCUT2D eigenvalue weighted by atomic mass is 35.5. The lowest BCUT2D eigenvalue weighted by Crippen LogP contribution is -2.02. The minimum atomic E-state index is -1.26. The van der Waals surface area contributed by atoms with E-state index in [9.17, 15) is 9.18 Å². The average molecular weight is 222 g/mol. The van der Waals surface area contributed by atoms with Crippen molar-refractivity contribution in [1.82, 2.24) is 0 Å². The van der Waals surface area contributed by atoms with E-state index in [4.69, 9.17) is 21.8 Å². The molecule has 14 heavy (non-hydrogen) atoms. The van der Waals surface area contributed by atoms with E-state index in [0.29, 0.717) is 6.26 Å². The number of hydrogen-bond donors (Lipinski definition) is 2. The Kier molecular flexibility index (Phi) is 6.39. The lowest BCUT2D eigenvalue weighted by atomic mass is 10.2. The van der Waals surface area contributed by atoms with Crippen LogP contribution in [0.25, 0.3) is 0 Å². The van der Waals surface area contributed by atoms with E-state index in [1.807, 2.05) is 0 Å². The highest BCUT2D eigenvalue weighted by molar-refractivity contribution is 6.32. The minimum Gasteiger partial charge on any atom is -0.514 e. The van der Waals surface area contributed by atoms with E-state index in [1.54, 1.807) is 0 Å². The summed E-state index contributed by atoms with van der Waals surface area (Å²) in [4.78, 5) is 14.0. The van der Waals surface area contributed by atoms with Crippen molar-refractivity contribution in [3.63, 3.8) is 0 Å². The number of rotatable bonds is 5. The second-order valence-electron chi connectivity index (χ2n) is 2.14. The first-order chi connectivity index (χ1) is 6.61. The molecule has 4 nitrogen and oxygen atoms in total. The third-order valence-corrected chi connectivity index (χ3v) is 1.31. The Bertz CT molecular complexity index is 286. The molecule has 0 fully saturated rings. The predicted octanol–water partition coefficient (Wildman–Crippen LogP) is 1.68. The first-order valence-corrected chi connectivity index (χ1v) is 4.00. The number of nitrogens with zero attached hydrogens (tertiary/aromatic N) is 1. The Morgan fingerprint density at radius 3 is 2.64 bits per heavy atom. The molecule has 0 rings (SSSR count). The Labute approximate surface area is 85.0 Å². The van der Waals surface area contributed by atoms with Gasteiger partial charge in [0.1, 0.15) is 6.67 Å². The summed E-state index contributed by atoms with van der Waals surface area (Å²) in [5, 5.41) is 16.9. The van der Waals surface area contributed by atoms with Crippen LogP contribution in [-0.2, 0) is 4.79 Å². The number of aliphatic hydroxyl groups is 1. The molecular weight excluding hydrogens is 213 g/mol. The Morgan fingerprint density at radius 1 is 1.57 bits per heavy atom. The van der Waals surface area contributed by atoms with Crippen LogP contribution in [0.3, 0.4) is 0 Å². The average Bonchev–Trinajstić information content (AvgIpc) is 2.16. The quantitative estimate of drug-likeness (QED) is 0.321. The molecule has 0 bridgehead atoms. The van der Waals surface area contributed by atoms with E-state index < -0.39 is 12.6 Å². The summed E-state index contributed by atoms with van der Waals surface area (Å²) in [6, 6.07) is 0.